The number of rotatable bonds is 2. The van der Waals surface area contributed by atoms with Gasteiger partial charge in [0, 0.05) is 5.92 Å². The van der Waals surface area contributed by atoms with Crippen LogP contribution in [0, 0.1) is 0 Å². The average Bonchev–Trinajstić information content (AvgIpc) is 2.02. The molecule has 1 aromatic carbocycles. The van der Waals surface area contributed by atoms with Crippen molar-refractivity contribution in [2.75, 3.05) is 6.61 Å². The smallest absolute Gasteiger partial charge is 0.333 e. The van der Waals surface area contributed by atoms with Crippen LogP contribution in [0.15, 0.2) is 30.3 Å². The number of carbonyl (C=O) groups is 1. The van der Waals surface area contributed by atoms with Crippen molar-refractivity contribution in [3.8, 4) is 0 Å². The SMILES string of the molecule is O=C(O)C1OCC1c1ccccc1. The van der Waals surface area contributed by atoms with Gasteiger partial charge < -0.3 is 9.84 Å². The first kappa shape index (κ1) is 8.26. The molecule has 68 valence electrons. The summed E-state index contributed by atoms with van der Waals surface area (Å²) in [5.74, 6) is -0.848. The predicted octanol–water partition coefficient (Wildman–Crippen LogP) is 1.25. The third kappa shape index (κ3) is 1.42. The van der Waals surface area contributed by atoms with Gasteiger partial charge in [-0.1, -0.05) is 30.3 Å². The molecule has 2 unspecified atom stereocenters. The van der Waals surface area contributed by atoms with Gasteiger partial charge in [0.15, 0.2) is 6.10 Å². The molecule has 3 nitrogen and oxygen atoms in total. The third-order valence-electron chi connectivity index (χ3n) is 2.29. The normalized spacial score (nSPS) is 26.5. The summed E-state index contributed by atoms with van der Waals surface area (Å²) < 4.78 is 4.96. The highest BCUT2D eigenvalue weighted by molar-refractivity contribution is 5.75. The molecule has 1 fully saturated rings. The summed E-state index contributed by atoms with van der Waals surface area (Å²) in [7, 11) is 0. The van der Waals surface area contributed by atoms with Crippen LogP contribution in [0.3, 0.4) is 0 Å². The summed E-state index contributed by atoms with van der Waals surface area (Å²) in [5.41, 5.74) is 1.04. The van der Waals surface area contributed by atoms with Gasteiger partial charge in [0.25, 0.3) is 0 Å². The van der Waals surface area contributed by atoms with Crippen LogP contribution in [0.25, 0.3) is 0 Å². The summed E-state index contributed by atoms with van der Waals surface area (Å²) in [4.78, 5) is 10.6. The first-order valence-electron chi connectivity index (χ1n) is 4.18. The fraction of sp³-hybridized carbons (Fsp3) is 0.300. The molecule has 0 aromatic heterocycles. The van der Waals surface area contributed by atoms with Crippen LogP contribution in [0.1, 0.15) is 11.5 Å². The Morgan fingerprint density at radius 2 is 2.08 bits per heavy atom. The lowest BCUT2D eigenvalue weighted by atomic mass is 9.90. The fourth-order valence-electron chi connectivity index (χ4n) is 1.50. The number of hydrogen-bond acceptors (Lipinski definition) is 2. The van der Waals surface area contributed by atoms with Crippen molar-refractivity contribution < 1.29 is 14.6 Å². The Labute approximate surface area is 76.0 Å². The van der Waals surface area contributed by atoms with Crippen LogP contribution < -0.4 is 0 Å². The monoisotopic (exact) mass is 178 g/mol. The Morgan fingerprint density at radius 1 is 1.38 bits per heavy atom. The molecule has 2 rings (SSSR count). The Kier molecular flexibility index (Phi) is 2.02. The number of carboxylic acids is 1. The van der Waals surface area contributed by atoms with Gasteiger partial charge in [-0.3, -0.25) is 0 Å². The van der Waals surface area contributed by atoms with E-state index in [0.717, 1.165) is 5.56 Å². The first-order chi connectivity index (χ1) is 6.29. The molecule has 1 aliphatic heterocycles. The van der Waals surface area contributed by atoms with Crippen molar-refractivity contribution in [2.45, 2.75) is 12.0 Å². The second-order valence-electron chi connectivity index (χ2n) is 3.11. The van der Waals surface area contributed by atoms with Gasteiger partial charge in [-0.05, 0) is 5.56 Å². The third-order valence-corrected chi connectivity index (χ3v) is 2.29. The van der Waals surface area contributed by atoms with Gasteiger partial charge in [0.2, 0.25) is 0 Å². The molecule has 0 aliphatic carbocycles. The quantitative estimate of drug-likeness (QED) is 0.741. The van der Waals surface area contributed by atoms with Crippen molar-refractivity contribution in [2.24, 2.45) is 0 Å². The highest BCUT2D eigenvalue weighted by Gasteiger charge is 2.38. The zero-order valence-electron chi connectivity index (χ0n) is 7.01. The Hall–Kier alpha value is -1.35. The zero-order chi connectivity index (χ0) is 9.26. The minimum absolute atomic E-state index is 0.0266. The average molecular weight is 178 g/mol. The Balaban J connectivity index is 2.15. The molecule has 13 heavy (non-hydrogen) atoms. The van der Waals surface area contributed by atoms with E-state index >= 15 is 0 Å². The zero-order valence-corrected chi connectivity index (χ0v) is 7.01. The molecular weight excluding hydrogens is 168 g/mol. The lowest BCUT2D eigenvalue weighted by Crippen LogP contribution is -2.43. The predicted molar refractivity (Wildman–Crippen MR) is 46.6 cm³/mol. The van der Waals surface area contributed by atoms with Crippen LogP contribution in [-0.2, 0) is 9.53 Å². The Morgan fingerprint density at radius 3 is 2.54 bits per heavy atom. The van der Waals surface area contributed by atoms with Gasteiger partial charge in [0.1, 0.15) is 0 Å². The van der Waals surface area contributed by atoms with E-state index in [1.54, 1.807) is 0 Å². The van der Waals surface area contributed by atoms with Crippen molar-refractivity contribution in [3.05, 3.63) is 35.9 Å². The molecule has 1 aliphatic rings. The minimum atomic E-state index is -0.875. The summed E-state index contributed by atoms with van der Waals surface area (Å²) in [5, 5.41) is 8.74. The van der Waals surface area contributed by atoms with E-state index in [0.29, 0.717) is 6.61 Å². The lowest BCUT2D eigenvalue weighted by molar-refractivity contribution is -0.167. The van der Waals surface area contributed by atoms with Gasteiger partial charge in [-0.15, -0.1) is 0 Å². The van der Waals surface area contributed by atoms with Crippen LogP contribution >= 0.6 is 0 Å². The van der Waals surface area contributed by atoms with E-state index < -0.39 is 12.1 Å². The molecule has 0 bridgehead atoms. The number of benzene rings is 1. The Bertz CT molecular complexity index is 307. The highest BCUT2D eigenvalue weighted by Crippen LogP contribution is 2.30. The topological polar surface area (TPSA) is 46.5 Å². The van der Waals surface area contributed by atoms with E-state index in [2.05, 4.69) is 0 Å². The molecule has 3 heteroatoms. The molecule has 1 heterocycles. The first-order valence-corrected chi connectivity index (χ1v) is 4.18. The van der Waals surface area contributed by atoms with Crippen LogP contribution in [0.2, 0.25) is 0 Å². The number of aliphatic carboxylic acids is 1. The van der Waals surface area contributed by atoms with Gasteiger partial charge in [-0.2, -0.15) is 0 Å². The molecule has 0 saturated carbocycles. The number of carboxylic acid groups (broad SMARTS) is 1. The maximum absolute atomic E-state index is 10.6. The van der Waals surface area contributed by atoms with Crippen molar-refractivity contribution in [3.63, 3.8) is 0 Å². The molecule has 0 radical (unpaired) electrons. The van der Waals surface area contributed by atoms with E-state index in [4.69, 9.17) is 9.84 Å². The largest absolute Gasteiger partial charge is 0.479 e. The van der Waals surface area contributed by atoms with E-state index in [9.17, 15) is 4.79 Å². The number of hydrogen-bond donors (Lipinski definition) is 1. The van der Waals surface area contributed by atoms with E-state index in [1.165, 1.54) is 0 Å². The summed E-state index contributed by atoms with van der Waals surface area (Å²) in [6.07, 6.45) is -0.651. The molecule has 2 atom stereocenters. The second-order valence-corrected chi connectivity index (χ2v) is 3.11. The standard InChI is InChI=1S/C10H10O3/c11-10(12)9-8(6-13-9)7-4-2-1-3-5-7/h1-5,8-9H,6H2,(H,11,12). The summed E-state index contributed by atoms with van der Waals surface area (Å²) >= 11 is 0. The molecule has 1 N–H and O–H groups in total. The van der Waals surface area contributed by atoms with Gasteiger partial charge >= 0.3 is 5.97 Å². The van der Waals surface area contributed by atoms with E-state index in [1.807, 2.05) is 30.3 Å². The highest BCUT2D eigenvalue weighted by atomic mass is 16.5. The lowest BCUT2D eigenvalue weighted by Gasteiger charge is -2.33. The molecule has 1 saturated heterocycles. The summed E-state index contributed by atoms with van der Waals surface area (Å²) in [6, 6.07) is 9.60. The maximum atomic E-state index is 10.6. The van der Waals surface area contributed by atoms with E-state index in [-0.39, 0.29) is 5.92 Å². The van der Waals surface area contributed by atoms with Crippen LogP contribution in [0.4, 0.5) is 0 Å². The molecule has 0 spiro atoms. The van der Waals surface area contributed by atoms with Crippen LogP contribution in [-0.4, -0.2) is 23.8 Å². The van der Waals surface area contributed by atoms with Crippen molar-refractivity contribution in [1.82, 2.24) is 0 Å². The van der Waals surface area contributed by atoms with Crippen molar-refractivity contribution in [1.29, 1.82) is 0 Å². The molecule has 0 amide bonds. The minimum Gasteiger partial charge on any atom is -0.479 e. The van der Waals surface area contributed by atoms with Gasteiger partial charge in [0.05, 0.1) is 6.61 Å². The second kappa shape index (κ2) is 3.18. The fourth-order valence-corrected chi connectivity index (χ4v) is 1.50. The molecular formula is C10H10O3. The van der Waals surface area contributed by atoms with Crippen molar-refractivity contribution >= 4 is 5.97 Å². The molecule has 1 aromatic rings. The maximum Gasteiger partial charge on any atom is 0.333 e. The summed E-state index contributed by atoms with van der Waals surface area (Å²) in [6.45, 7) is 0.515. The van der Waals surface area contributed by atoms with Gasteiger partial charge in [-0.25, -0.2) is 4.79 Å². The van der Waals surface area contributed by atoms with Crippen LogP contribution in [0.5, 0.6) is 0 Å². The number of ether oxygens (including phenoxy) is 1.